The Labute approximate surface area is 164 Å². The number of nitrogens with zero attached hydrogens (tertiary/aromatic N) is 4. The fourth-order valence-corrected chi connectivity index (χ4v) is 2.84. The molecule has 2 aromatic heterocycles. The van der Waals surface area contributed by atoms with Crippen molar-refractivity contribution < 1.29 is 4.39 Å². The number of benzene rings is 1. The molecule has 146 valence electrons. The van der Waals surface area contributed by atoms with Crippen LogP contribution in [0.15, 0.2) is 53.7 Å². The molecule has 6 nitrogen and oxygen atoms in total. The van der Waals surface area contributed by atoms with E-state index in [4.69, 9.17) is 0 Å². The highest BCUT2D eigenvalue weighted by Crippen LogP contribution is 2.11. The van der Waals surface area contributed by atoms with E-state index in [0.717, 1.165) is 34.9 Å². The van der Waals surface area contributed by atoms with Gasteiger partial charge in [0.05, 0.1) is 12.2 Å². The Morgan fingerprint density at radius 3 is 2.61 bits per heavy atom. The standard InChI is InChI=1S/C21H25FN6/c1-4-23-21(25-12-17-6-5-7-19(22)11-17)26-14-18-8-9-20(24-13-18)28-16(3)10-15(2)27-28/h5-11,13H,4,12,14H2,1-3H3,(H2,23,25,26). The van der Waals surface area contributed by atoms with Gasteiger partial charge in [0.2, 0.25) is 0 Å². The van der Waals surface area contributed by atoms with Crippen molar-refractivity contribution in [2.24, 2.45) is 4.99 Å². The third-order valence-corrected chi connectivity index (χ3v) is 4.15. The summed E-state index contributed by atoms with van der Waals surface area (Å²) in [6, 6.07) is 12.5. The lowest BCUT2D eigenvalue weighted by Gasteiger charge is -2.11. The molecular formula is C21H25FN6. The first-order chi connectivity index (χ1) is 13.5. The van der Waals surface area contributed by atoms with Crippen molar-refractivity contribution in [1.29, 1.82) is 0 Å². The second kappa shape index (κ2) is 9.12. The number of halogens is 1. The Hall–Kier alpha value is -3.22. The highest BCUT2D eigenvalue weighted by molar-refractivity contribution is 5.79. The van der Waals surface area contributed by atoms with E-state index in [9.17, 15) is 4.39 Å². The number of aromatic nitrogens is 3. The van der Waals surface area contributed by atoms with Gasteiger partial charge in [0, 0.05) is 25.0 Å². The molecule has 0 bridgehead atoms. The maximum Gasteiger partial charge on any atom is 0.191 e. The minimum Gasteiger partial charge on any atom is -0.357 e. The Morgan fingerprint density at radius 1 is 1.11 bits per heavy atom. The topological polar surface area (TPSA) is 67.1 Å². The van der Waals surface area contributed by atoms with E-state index in [2.05, 4.69) is 25.7 Å². The molecule has 0 aliphatic carbocycles. The zero-order valence-electron chi connectivity index (χ0n) is 16.4. The molecule has 28 heavy (non-hydrogen) atoms. The number of aryl methyl sites for hydroxylation is 2. The van der Waals surface area contributed by atoms with Gasteiger partial charge < -0.3 is 10.6 Å². The molecule has 0 amide bonds. The molecule has 0 aliphatic rings. The van der Waals surface area contributed by atoms with Crippen LogP contribution in [0.3, 0.4) is 0 Å². The molecule has 0 unspecified atom stereocenters. The third-order valence-electron chi connectivity index (χ3n) is 4.15. The van der Waals surface area contributed by atoms with Crippen molar-refractivity contribution in [2.75, 3.05) is 6.54 Å². The van der Waals surface area contributed by atoms with E-state index in [-0.39, 0.29) is 5.82 Å². The molecule has 3 rings (SSSR count). The lowest BCUT2D eigenvalue weighted by Crippen LogP contribution is -2.36. The largest absolute Gasteiger partial charge is 0.357 e. The number of aliphatic imine (C=N–C) groups is 1. The van der Waals surface area contributed by atoms with E-state index in [1.807, 2.05) is 55.9 Å². The SMILES string of the molecule is CCNC(=NCc1ccc(-n2nc(C)cc2C)nc1)NCc1cccc(F)c1. The van der Waals surface area contributed by atoms with Gasteiger partial charge in [-0.15, -0.1) is 0 Å². The average Bonchev–Trinajstić information content (AvgIpc) is 3.02. The van der Waals surface area contributed by atoms with Crippen LogP contribution in [0.2, 0.25) is 0 Å². The van der Waals surface area contributed by atoms with Crippen LogP contribution in [-0.4, -0.2) is 27.3 Å². The quantitative estimate of drug-likeness (QED) is 0.509. The molecular weight excluding hydrogens is 355 g/mol. The van der Waals surface area contributed by atoms with Crippen LogP contribution in [0.5, 0.6) is 0 Å². The summed E-state index contributed by atoms with van der Waals surface area (Å²) in [6.45, 7) is 7.70. The minimum atomic E-state index is -0.241. The van der Waals surface area contributed by atoms with Gasteiger partial charge in [-0.05, 0) is 56.2 Å². The Morgan fingerprint density at radius 2 is 1.96 bits per heavy atom. The summed E-state index contributed by atoms with van der Waals surface area (Å²) in [5.74, 6) is 1.22. The molecule has 2 heterocycles. The monoisotopic (exact) mass is 380 g/mol. The van der Waals surface area contributed by atoms with Crippen molar-refractivity contribution in [3.05, 3.63) is 77.0 Å². The number of guanidine groups is 1. The van der Waals surface area contributed by atoms with E-state index in [0.29, 0.717) is 19.0 Å². The van der Waals surface area contributed by atoms with Crippen LogP contribution in [0.25, 0.3) is 5.82 Å². The normalized spacial score (nSPS) is 11.5. The van der Waals surface area contributed by atoms with Gasteiger partial charge in [-0.25, -0.2) is 19.0 Å². The second-order valence-electron chi connectivity index (χ2n) is 6.54. The van der Waals surface area contributed by atoms with Crippen LogP contribution < -0.4 is 10.6 Å². The smallest absolute Gasteiger partial charge is 0.191 e. The van der Waals surface area contributed by atoms with Crippen LogP contribution in [0, 0.1) is 19.7 Å². The molecule has 1 aromatic carbocycles. The van der Waals surface area contributed by atoms with Gasteiger partial charge in [0.15, 0.2) is 11.8 Å². The Kier molecular flexibility index (Phi) is 6.37. The summed E-state index contributed by atoms with van der Waals surface area (Å²) in [6.07, 6.45) is 1.81. The summed E-state index contributed by atoms with van der Waals surface area (Å²) >= 11 is 0. The second-order valence-corrected chi connectivity index (χ2v) is 6.54. The molecule has 0 aliphatic heterocycles. The van der Waals surface area contributed by atoms with Crippen molar-refractivity contribution >= 4 is 5.96 Å². The van der Waals surface area contributed by atoms with Gasteiger partial charge in [-0.1, -0.05) is 18.2 Å². The molecule has 0 fully saturated rings. The van der Waals surface area contributed by atoms with Gasteiger partial charge >= 0.3 is 0 Å². The number of hydrogen-bond acceptors (Lipinski definition) is 3. The minimum absolute atomic E-state index is 0.241. The summed E-state index contributed by atoms with van der Waals surface area (Å²) in [5, 5.41) is 10.9. The summed E-state index contributed by atoms with van der Waals surface area (Å²) in [4.78, 5) is 9.08. The number of hydrogen-bond donors (Lipinski definition) is 2. The Balaban J connectivity index is 1.64. The fourth-order valence-electron chi connectivity index (χ4n) is 2.84. The summed E-state index contributed by atoms with van der Waals surface area (Å²) in [5.41, 5.74) is 3.87. The van der Waals surface area contributed by atoms with Crippen molar-refractivity contribution in [3.63, 3.8) is 0 Å². The average molecular weight is 380 g/mol. The first kappa shape index (κ1) is 19.5. The third kappa shape index (κ3) is 5.16. The predicted octanol–water partition coefficient (Wildman–Crippen LogP) is 3.28. The van der Waals surface area contributed by atoms with Crippen LogP contribution in [0.1, 0.15) is 29.4 Å². The molecule has 0 saturated heterocycles. The maximum atomic E-state index is 13.3. The lowest BCUT2D eigenvalue weighted by molar-refractivity contribution is 0.624. The van der Waals surface area contributed by atoms with E-state index < -0.39 is 0 Å². The fraction of sp³-hybridized carbons (Fsp3) is 0.286. The zero-order chi connectivity index (χ0) is 19.9. The molecule has 7 heteroatoms. The highest BCUT2D eigenvalue weighted by Gasteiger charge is 2.05. The number of rotatable bonds is 6. The number of nitrogens with one attached hydrogen (secondary N) is 2. The van der Waals surface area contributed by atoms with Crippen molar-refractivity contribution in [3.8, 4) is 5.82 Å². The van der Waals surface area contributed by atoms with Gasteiger partial charge in [0.25, 0.3) is 0 Å². The van der Waals surface area contributed by atoms with E-state index in [1.54, 1.807) is 6.07 Å². The van der Waals surface area contributed by atoms with E-state index in [1.165, 1.54) is 12.1 Å². The van der Waals surface area contributed by atoms with Crippen LogP contribution in [0.4, 0.5) is 4.39 Å². The van der Waals surface area contributed by atoms with Crippen molar-refractivity contribution in [2.45, 2.75) is 33.9 Å². The molecule has 3 aromatic rings. The number of pyridine rings is 1. The zero-order valence-corrected chi connectivity index (χ0v) is 16.4. The Bertz CT molecular complexity index is 946. The molecule has 2 N–H and O–H groups in total. The highest BCUT2D eigenvalue weighted by atomic mass is 19.1. The van der Waals surface area contributed by atoms with Gasteiger partial charge in [0.1, 0.15) is 5.82 Å². The van der Waals surface area contributed by atoms with Crippen molar-refractivity contribution in [1.82, 2.24) is 25.4 Å². The molecule has 0 atom stereocenters. The van der Waals surface area contributed by atoms with Crippen LogP contribution >= 0.6 is 0 Å². The van der Waals surface area contributed by atoms with Gasteiger partial charge in [-0.3, -0.25) is 0 Å². The van der Waals surface area contributed by atoms with Gasteiger partial charge in [-0.2, -0.15) is 5.10 Å². The molecule has 0 saturated carbocycles. The summed E-state index contributed by atoms with van der Waals surface area (Å²) < 4.78 is 15.1. The summed E-state index contributed by atoms with van der Waals surface area (Å²) in [7, 11) is 0. The van der Waals surface area contributed by atoms with Crippen LogP contribution in [-0.2, 0) is 13.1 Å². The first-order valence-electron chi connectivity index (χ1n) is 9.30. The maximum absolute atomic E-state index is 13.3. The van der Waals surface area contributed by atoms with E-state index >= 15 is 0 Å². The molecule has 0 spiro atoms. The predicted molar refractivity (Wildman–Crippen MR) is 109 cm³/mol. The lowest BCUT2D eigenvalue weighted by atomic mass is 10.2. The first-order valence-corrected chi connectivity index (χ1v) is 9.30. The molecule has 0 radical (unpaired) electrons.